The molecule has 1 saturated heterocycles. The van der Waals surface area contributed by atoms with E-state index >= 15 is 0 Å². The van der Waals surface area contributed by atoms with Gasteiger partial charge in [-0.15, -0.1) is 0 Å². The zero-order valence-electron chi connectivity index (χ0n) is 10.8. The van der Waals surface area contributed by atoms with Gasteiger partial charge in [0, 0.05) is 12.6 Å². The van der Waals surface area contributed by atoms with Gasteiger partial charge in [0.25, 0.3) is 0 Å². The Balaban J connectivity index is 2.34. The number of rotatable bonds is 2. The van der Waals surface area contributed by atoms with Crippen LogP contribution in [0.2, 0.25) is 0 Å². The van der Waals surface area contributed by atoms with Crippen molar-refractivity contribution in [3.05, 3.63) is 0 Å². The van der Waals surface area contributed by atoms with Crippen molar-refractivity contribution in [2.24, 2.45) is 11.1 Å². The average Bonchev–Trinajstić information content (AvgIpc) is 2.07. The summed E-state index contributed by atoms with van der Waals surface area (Å²) in [6.07, 6.45) is 6.95. The van der Waals surface area contributed by atoms with Gasteiger partial charge in [-0.3, -0.25) is 0 Å². The molecule has 2 nitrogen and oxygen atoms in total. The SMILES string of the molecule is CC(C)(C)C(N)CN1CCCCCCC1. The lowest BCUT2D eigenvalue weighted by atomic mass is 9.87. The second kappa shape index (κ2) is 5.86. The normalized spacial score (nSPS) is 23.2. The Hall–Kier alpha value is -0.0800. The van der Waals surface area contributed by atoms with E-state index in [2.05, 4.69) is 25.7 Å². The van der Waals surface area contributed by atoms with Gasteiger partial charge in [-0.2, -0.15) is 0 Å². The quantitative estimate of drug-likeness (QED) is 0.762. The third kappa shape index (κ3) is 4.98. The van der Waals surface area contributed by atoms with Crippen molar-refractivity contribution in [1.82, 2.24) is 4.90 Å². The van der Waals surface area contributed by atoms with Gasteiger partial charge in [-0.05, 0) is 31.3 Å². The third-order valence-electron chi connectivity index (χ3n) is 3.52. The minimum Gasteiger partial charge on any atom is -0.326 e. The lowest BCUT2D eigenvalue weighted by Gasteiger charge is -2.33. The summed E-state index contributed by atoms with van der Waals surface area (Å²) in [7, 11) is 0. The van der Waals surface area contributed by atoms with Gasteiger partial charge in [0.15, 0.2) is 0 Å². The number of hydrogen-bond donors (Lipinski definition) is 1. The first kappa shape index (κ1) is 13.0. The summed E-state index contributed by atoms with van der Waals surface area (Å²) in [6.45, 7) is 10.3. The highest BCUT2D eigenvalue weighted by molar-refractivity contribution is 4.80. The van der Waals surface area contributed by atoms with Crippen molar-refractivity contribution in [3.63, 3.8) is 0 Å². The van der Waals surface area contributed by atoms with Crippen LogP contribution in [0.4, 0.5) is 0 Å². The van der Waals surface area contributed by atoms with Gasteiger partial charge >= 0.3 is 0 Å². The highest BCUT2D eigenvalue weighted by Gasteiger charge is 2.22. The van der Waals surface area contributed by atoms with Crippen LogP contribution in [0.5, 0.6) is 0 Å². The number of hydrogen-bond acceptors (Lipinski definition) is 2. The van der Waals surface area contributed by atoms with Gasteiger partial charge in [0.1, 0.15) is 0 Å². The van der Waals surface area contributed by atoms with E-state index < -0.39 is 0 Å². The van der Waals surface area contributed by atoms with Crippen LogP contribution in [-0.4, -0.2) is 30.6 Å². The van der Waals surface area contributed by atoms with Gasteiger partial charge < -0.3 is 10.6 Å². The maximum Gasteiger partial charge on any atom is 0.0217 e. The Kier molecular flexibility index (Phi) is 5.07. The van der Waals surface area contributed by atoms with E-state index in [1.54, 1.807) is 0 Å². The summed E-state index contributed by atoms with van der Waals surface area (Å²) in [5.74, 6) is 0. The maximum atomic E-state index is 6.23. The van der Waals surface area contributed by atoms with E-state index in [1.165, 1.54) is 45.2 Å². The molecule has 15 heavy (non-hydrogen) atoms. The molecule has 0 aliphatic carbocycles. The Morgan fingerprint density at radius 2 is 1.47 bits per heavy atom. The molecular weight excluding hydrogens is 184 g/mol. The zero-order chi connectivity index (χ0) is 11.3. The largest absolute Gasteiger partial charge is 0.326 e. The maximum absolute atomic E-state index is 6.23. The van der Waals surface area contributed by atoms with Crippen LogP contribution in [0.1, 0.15) is 52.9 Å². The van der Waals surface area contributed by atoms with Crippen LogP contribution >= 0.6 is 0 Å². The summed E-state index contributed by atoms with van der Waals surface area (Å²) in [5.41, 5.74) is 6.47. The van der Waals surface area contributed by atoms with Crippen LogP contribution in [0.3, 0.4) is 0 Å². The predicted octanol–water partition coefficient (Wildman–Crippen LogP) is 2.63. The molecule has 0 saturated carbocycles. The first-order chi connectivity index (χ1) is 7.00. The Morgan fingerprint density at radius 1 is 1.00 bits per heavy atom. The van der Waals surface area contributed by atoms with Crippen LogP contribution in [0.15, 0.2) is 0 Å². The molecule has 1 aliphatic rings. The number of likely N-dealkylation sites (tertiary alicyclic amines) is 1. The molecule has 0 aromatic rings. The smallest absolute Gasteiger partial charge is 0.0217 e. The molecule has 2 N–H and O–H groups in total. The summed E-state index contributed by atoms with van der Waals surface area (Å²) in [5, 5.41) is 0. The highest BCUT2D eigenvalue weighted by Crippen LogP contribution is 2.19. The Labute approximate surface area is 95.2 Å². The van der Waals surface area contributed by atoms with Crippen LogP contribution in [-0.2, 0) is 0 Å². The van der Waals surface area contributed by atoms with Crippen molar-refractivity contribution >= 4 is 0 Å². The third-order valence-corrected chi connectivity index (χ3v) is 3.52. The fourth-order valence-electron chi connectivity index (χ4n) is 2.05. The van der Waals surface area contributed by atoms with Crippen molar-refractivity contribution in [3.8, 4) is 0 Å². The predicted molar refractivity (Wildman–Crippen MR) is 67.0 cm³/mol. The van der Waals surface area contributed by atoms with Crippen molar-refractivity contribution in [2.75, 3.05) is 19.6 Å². The van der Waals surface area contributed by atoms with Crippen molar-refractivity contribution in [2.45, 2.75) is 58.9 Å². The Bertz CT molecular complexity index is 164. The fourth-order valence-corrected chi connectivity index (χ4v) is 2.05. The average molecular weight is 212 g/mol. The van der Waals surface area contributed by atoms with E-state index in [4.69, 9.17) is 5.73 Å². The number of nitrogens with zero attached hydrogens (tertiary/aromatic N) is 1. The molecule has 0 spiro atoms. The molecule has 2 heteroatoms. The molecule has 1 rings (SSSR count). The zero-order valence-corrected chi connectivity index (χ0v) is 10.8. The summed E-state index contributed by atoms with van der Waals surface area (Å²) >= 11 is 0. The van der Waals surface area contributed by atoms with Crippen LogP contribution < -0.4 is 5.73 Å². The lowest BCUT2D eigenvalue weighted by molar-refractivity contribution is 0.186. The molecule has 0 aromatic heterocycles. The van der Waals surface area contributed by atoms with E-state index in [1.807, 2.05) is 0 Å². The van der Waals surface area contributed by atoms with E-state index in [-0.39, 0.29) is 5.41 Å². The standard InChI is InChI=1S/C13H28N2/c1-13(2,3)12(14)11-15-9-7-5-4-6-8-10-15/h12H,4-11,14H2,1-3H3. The minimum absolute atomic E-state index is 0.238. The summed E-state index contributed by atoms with van der Waals surface area (Å²) in [6, 6.07) is 0.303. The lowest BCUT2D eigenvalue weighted by Crippen LogP contribution is -2.46. The molecule has 1 unspecified atom stereocenters. The highest BCUT2D eigenvalue weighted by atomic mass is 15.1. The van der Waals surface area contributed by atoms with Gasteiger partial charge in [-0.1, -0.05) is 40.0 Å². The minimum atomic E-state index is 0.238. The molecule has 0 amide bonds. The monoisotopic (exact) mass is 212 g/mol. The topological polar surface area (TPSA) is 29.3 Å². The van der Waals surface area contributed by atoms with E-state index in [0.717, 1.165) is 6.54 Å². The molecule has 0 radical (unpaired) electrons. The van der Waals surface area contributed by atoms with Crippen LogP contribution in [0, 0.1) is 5.41 Å². The molecule has 0 bridgehead atoms. The molecule has 1 aliphatic heterocycles. The molecule has 0 aromatic carbocycles. The fraction of sp³-hybridized carbons (Fsp3) is 1.00. The Morgan fingerprint density at radius 3 is 1.93 bits per heavy atom. The molecule has 1 heterocycles. The van der Waals surface area contributed by atoms with Crippen molar-refractivity contribution < 1.29 is 0 Å². The molecule has 90 valence electrons. The van der Waals surface area contributed by atoms with E-state index in [0.29, 0.717) is 6.04 Å². The number of nitrogens with two attached hydrogens (primary N) is 1. The van der Waals surface area contributed by atoms with Gasteiger partial charge in [0.2, 0.25) is 0 Å². The second-order valence-corrected chi connectivity index (χ2v) is 6.04. The summed E-state index contributed by atoms with van der Waals surface area (Å²) < 4.78 is 0. The first-order valence-electron chi connectivity index (χ1n) is 6.48. The molecule has 1 atom stereocenters. The van der Waals surface area contributed by atoms with Crippen molar-refractivity contribution in [1.29, 1.82) is 0 Å². The van der Waals surface area contributed by atoms with Gasteiger partial charge in [-0.25, -0.2) is 0 Å². The summed E-state index contributed by atoms with van der Waals surface area (Å²) in [4.78, 5) is 2.56. The van der Waals surface area contributed by atoms with E-state index in [9.17, 15) is 0 Å². The molecular formula is C13H28N2. The first-order valence-corrected chi connectivity index (χ1v) is 6.48. The van der Waals surface area contributed by atoms with Gasteiger partial charge in [0.05, 0.1) is 0 Å². The second-order valence-electron chi connectivity index (χ2n) is 6.04. The molecule has 1 fully saturated rings. The van der Waals surface area contributed by atoms with Crippen LogP contribution in [0.25, 0.3) is 0 Å².